The number of halogens is 17. The van der Waals surface area contributed by atoms with Crippen molar-refractivity contribution in [3.63, 3.8) is 0 Å². The second kappa shape index (κ2) is 9.39. The Kier molecular flexibility index (Phi) is 7.73. The fourth-order valence-electron chi connectivity index (χ4n) is 3.01. The normalized spacial score (nSPS) is 14.8. The van der Waals surface area contributed by atoms with Crippen molar-refractivity contribution in [3.8, 4) is 5.75 Å². The summed E-state index contributed by atoms with van der Waals surface area (Å²) in [7, 11) is 0. The third-order valence-corrected chi connectivity index (χ3v) is 5.36. The number of phenols is 1. The smallest absolute Gasteiger partial charge is 0.460 e. The quantitative estimate of drug-likeness (QED) is 0.229. The van der Waals surface area contributed by atoms with Crippen LogP contribution in [0.25, 0.3) is 0 Å². The molecule has 224 valence electrons. The van der Waals surface area contributed by atoms with E-state index in [4.69, 9.17) is 0 Å². The number of rotatable bonds is 9. The van der Waals surface area contributed by atoms with Crippen molar-refractivity contribution >= 4 is 5.78 Å². The van der Waals surface area contributed by atoms with E-state index < -0.39 is 76.4 Å². The summed E-state index contributed by atoms with van der Waals surface area (Å²) in [6, 6.07) is 5.14. The first-order chi connectivity index (χ1) is 17.6. The van der Waals surface area contributed by atoms with Crippen LogP contribution in [0, 0.1) is 0 Å². The highest BCUT2D eigenvalue weighted by atomic mass is 19.4. The first-order valence-electron chi connectivity index (χ1n) is 9.79. The zero-order chi connectivity index (χ0) is 31.5. The van der Waals surface area contributed by atoms with Gasteiger partial charge in [0.05, 0.1) is 5.56 Å². The molecule has 0 bridgehead atoms. The molecule has 0 aliphatic heterocycles. The van der Waals surface area contributed by atoms with Gasteiger partial charge < -0.3 is 5.11 Å². The summed E-state index contributed by atoms with van der Waals surface area (Å²) in [5.41, 5.74) is -3.87. The molecular formula is C21H9F17O2. The first-order valence-corrected chi connectivity index (χ1v) is 9.79. The summed E-state index contributed by atoms with van der Waals surface area (Å²) in [6.07, 6.45) is -7.84. The number of alkyl halides is 17. The molecular weight excluding hydrogens is 607 g/mol. The molecule has 2 aromatic rings. The Morgan fingerprint density at radius 3 is 1.32 bits per heavy atom. The minimum atomic E-state index is -8.74. The van der Waals surface area contributed by atoms with Gasteiger partial charge in [-0.05, 0) is 12.1 Å². The summed E-state index contributed by atoms with van der Waals surface area (Å²) in [6.45, 7) is 0. The van der Waals surface area contributed by atoms with Gasteiger partial charge in [-0.25, -0.2) is 0 Å². The number of aromatic hydroxyl groups is 1. The molecule has 2 nitrogen and oxygen atoms in total. The van der Waals surface area contributed by atoms with Crippen LogP contribution in [0.2, 0.25) is 0 Å². The predicted octanol–water partition coefficient (Wildman–Crippen LogP) is 8.09. The Morgan fingerprint density at radius 2 is 0.925 bits per heavy atom. The van der Waals surface area contributed by atoms with Crippen molar-refractivity contribution in [2.45, 2.75) is 47.6 Å². The van der Waals surface area contributed by atoms with Gasteiger partial charge in [0.25, 0.3) is 0 Å². The predicted molar refractivity (Wildman–Crippen MR) is 97.6 cm³/mol. The van der Waals surface area contributed by atoms with E-state index in [-0.39, 0.29) is 17.7 Å². The molecule has 40 heavy (non-hydrogen) atoms. The summed E-state index contributed by atoms with van der Waals surface area (Å²) in [5.74, 6) is -60.5. The Hall–Kier alpha value is -3.28. The number of hydrogen-bond acceptors (Lipinski definition) is 2. The van der Waals surface area contributed by atoms with E-state index in [2.05, 4.69) is 0 Å². The average molecular weight is 616 g/mol. The Labute approximate surface area is 210 Å². The second-order valence-electron chi connectivity index (χ2n) is 7.95. The van der Waals surface area contributed by atoms with E-state index in [1.165, 1.54) is 18.2 Å². The molecule has 0 saturated carbocycles. The molecule has 19 heteroatoms. The topological polar surface area (TPSA) is 37.3 Å². The summed E-state index contributed by atoms with van der Waals surface area (Å²) in [4.78, 5) is 12.3. The fourth-order valence-corrected chi connectivity index (χ4v) is 3.01. The number of hydrogen-bond donors (Lipinski definition) is 1. The van der Waals surface area contributed by atoms with E-state index in [1.54, 1.807) is 0 Å². The highest BCUT2D eigenvalue weighted by Crippen LogP contribution is 2.65. The van der Waals surface area contributed by atoms with Crippen molar-refractivity contribution < 1.29 is 84.5 Å². The molecule has 0 atom stereocenters. The third-order valence-electron chi connectivity index (χ3n) is 5.36. The van der Waals surface area contributed by atoms with Crippen LogP contribution in [0.15, 0.2) is 48.5 Å². The zero-order valence-corrected chi connectivity index (χ0v) is 18.4. The van der Waals surface area contributed by atoms with Gasteiger partial charge in [-0.2, -0.15) is 74.6 Å². The van der Waals surface area contributed by atoms with Crippen molar-refractivity contribution in [1.29, 1.82) is 0 Å². The summed E-state index contributed by atoms with van der Waals surface area (Å²) in [5, 5.41) is 9.77. The highest BCUT2D eigenvalue weighted by molar-refractivity contribution is 6.10. The van der Waals surface area contributed by atoms with Crippen LogP contribution in [0.4, 0.5) is 74.6 Å². The molecule has 2 aromatic carbocycles. The standard InChI is InChI=1S/C21H9F17O2/c22-14(23,10-6-7-11(12(39)8-10)13(40)9-4-2-1-3-5-9)15(24,25)16(26,27)17(28,29)18(30,31)19(32,33)20(34,35)21(36,37)38/h1-8,39H. The Morgan fingerprint density at radius 1 is 0.525 bits per heavy atom. The molecule has 0 saturated heterocycles. The van der Waals surface area contributed by atoms with Gasteiger partial charge in [0.15, 0.2) is 5.78 Å². The molecule has 0 aliphatic rings. The van der Waals surface area contributed by atoms with Crippen molar-refractivity contribution in [2.75, 3.05) is 0 Å². The SMILES string of the molecule is O=C(c1ccccc1)c1ccc(C(F)(F)C(F)(F)C(F)(F)C(F)(F)C(F)(F)C(F)(F)C(F)(F)C(F)(F)F)cc1O. The van der Waals surface area contributed by atoms with Gasteiger partial charge >= 0.3 is 47.6 Å². The maximum atomic E-state index is 14.4. The second-order valence-corrected chi connectivity index (χ2v) is 7.95. The minimum absolute atomic E-state index is 0.0624. The van der Waals surface area contributed by atoms with E-state index in [0.29, 0.717) is 0 Å². The molecule has 0 heterocycles. The summed E-state index contributed by atoms with van der Waals surface area (Å²) < 4.78 is 228. The molecule has 2 rings (SSSR count). The zero-order valence-electron chi connectivity index (χ0n) is 18.4. The van der Waals surface area contributed by atoms with Gasteiger partial charge in [0.1, 0.15) is 5.75 Å². The van der Waals surface area contributed by atoms with Gasteiger partial charge in [-0.15, -0.1) is 0 Å². The number of benzene rings is 2. The number of phenolic OH excluding ortho intramolecular Hbond substituents is 1. The van der Waals surface area contributed by atoms with Crippen LogP contribution in [-0.4, -0.2) is 52.6 Å². The van der Waals surface area contributed by atoms with E-state index in [0.717, 1.165) is 12.1 Å². The van der Waals surface area contributed by atoms with Crippen molar-refractivity contribution in [2.24, 2.45) is 0 Å². The summed E-state index contributed by atoms with van der Waals surface area (Å²) >= 11 is 0. The van der Waals surface area contributed by atoms with Gasteiger partial charge in [-0.1, -0.05) is 36.4 Å². The van der Waals surface area contributed by atoms with Crippen LogP contribution in [0.5, 0.6) is 5.75 Å². The average Bonchev–Trinajstić information content (AvgIpc) is 2.82. The molecule has 0 unspecified atom stereocenters. The lowest BCUT2D eigenvalue weighted by Crippen LogP contribution is -2.74. The van der Waals surface area contributed by atoms with Crippen LogP contribution in [0.3, 0.4) is 0 Å². The molecule has 0 radical (unpaired) electrons. The van der Waals surface area contributed by atoms with E-state index >= 15 is 0 Å². The molecule has 0 spiro atoms. The van der Waals surface area contributed by atoms with Crippen LogP contribution in [0.1, 0.15) is 21.5 Å². The van der Waals surface area contributed by atoms with Crippen LogP contribution in [-0.2, 0) is 5.92 Å². The van der Waals surface area contributed by atoms with Gasteiger partial charge in [0.2, 0.25) is 0 Å². The Bertz CT molecular complexity index is 1250. The van der Waals surface area contributed by atoms with Crippen LogP contribution >= 0.6 is 0 Å². The van der Waals surface area contributed by atoms with E-state index in [1.807, 2.05) is 0 Å². The Balaban J connectivity index is 2.62. The van der Waals surface area contributed by atoms with Gasteiger partial charge in [-0.3, -0.25) is 4.79 Å². The molecule has 0 amide bonds. The molecule has 0 aromatic heterocycles. The lowest BCUT2D eigenvalue weighted by Gasteiger charge is -2.42. The largest absolute Gasteiger partial charge is 0.507 e. The number of ketones is 1. The monoisotopic (exact) mass is 616 g/mol. The maximum absolute atomic E-state index is 14.4. The van der Waals surface area contributed by atoms with E-state index in [9.17, 15) is 84.5 Å². The molecule has 0 fully saturated rings. The minimum Gasteiger partial charge on any atom is -0.507 e. The van der Waals surface area contributed by atoms with Crippen molar-refractivity contribution in [1.82, 2.24) is 0 Å². The third kappa shape index (κ3) is 4.40. The molecule has 0 aliphatic carbocycles. The molecule has 1 N–H and O–H groups in total. The lowest BCUT2D eigenvalue weighted by atomic mass is 9.87. The first kappa shape index (κ1) is 32.9. The fraction of sp³-hybridized carbons (Fsp3) is 0.381. The van der Waals surface area contributed by atoms with Gasteiger partial charge in [0, 0.05) is 11.1 Å². The number of carbonyl (C=O) groups is 1. The number of carbonyl (C=O) groups excluding carboxylic acids is 1. The maximum Gasteiger partial charge on any atom is 0.460 e. The van der Waals surface area contributed by atoms with Crippen molar-refractivity contribution in [3.05, 3.63) is 65.2 Å². The lowest BCUT2D eigenvalue weighted by molar-refractivity contribution is -0.462. The van der Waals surface area contributed by atoms with Crippen LogP contribution < -0.4 is 0 Å². The highest BCUT2D eigenvalue weighted by Gasteiger charge is 2.95.